The van der Waals surface area contributed by atoms with Gasteiger partial charge in [0.2, 0.25) is 0 Å². The van der Waals surface area contributed by atoms with Gasteiger partial charge >= 0.3 is 6.03 Å². The van der Waals surface area contributed by atoms with Crippen molar-refractivity contribution in [3.05, 3.63) is 48.0 Å². The molecule has 0 unspecified atom stereocenters. The van der Waals surface area contributed by atoms with Crippen LogP contribution in [0.2, 0.25) is 0 Å². The average molecular weight is 288 g/mol. The number of benzene rings is 2. The smallest absolute Gasteiger partial charge is 0.319 e. The number of anilines is 1. The van der Waals surface area contributed by atoms with Gasteiger partial charge in [0.05, 0.1) is 7.11 Å². The highest BCUT2D eigenvalue weighted by Gasteiger charge is 2.04. The molecule has 21 heavy (non-hydrogen) atoms. The van der Waals surface area contributed by atoms with E-state index in [9.17, 15) is 15.0 Å². The fourth-order valence-electron chi connectivity index (χ4n) is 1.77. The number of phenolic OH excluding ortho intramolecular Hbond substituents is 2. The summed E-state index contributed by atoms with van der Waals surface area (Å²) >= 11 is 0. The maximum Gasteiger partial charge on any atom is 0.319 e. The van der Waals surface area contributed by atoms with Crippen molar-refractivity contribution in [2.45, 2.75) is 6.54 Å². The van der Waals surface area contributed by atoms with Gasteiger partial charge < -0.3 is 25.6 Å². The maximum atomic E-state index is 11.7. The molecule has 0 aromatic heterocycles. The van der Waals surface area contributed by atoms with Gasteiger partial charge in [-0.05, 0) is 17.7 Å². The molecule has 2 aromatic carbocycles. The number of amides is 2. The molecular weight excluding hydrogens is 272 g/mol. The van der Waals surface area contributed by atoms with E-state index in [1.165, 1.54) is 18.2 Å². The number of aromatic hydroxyl groups is 2. The predicted octanol–water partition coefficient (Wildman–Crippen LogP) is 2.43. The summed E-state index contributed by atoms with van der Waals surface area (Å²) in [5, 5.41) is 23.8. The summed E-state index contributed by atoms with van der Waals surface area (Å²) in [6.07, 6.45) is 0. The molecule has 0 atom stereocenters. The van der Waals surface area contributed by atoms with Crippen molar-refractivity contribution in [3.63, 3.8) is 0 Å². The van der Waals surface area contributed by atoms with Crippen LogP contribution in [0.5, 0.6) is 17.2 Å². The van der Waals surface area contributed by atoms with Gasteiger partial charge in [-0.3, -0.25) is 0 Å². The lowest BCUT2D eigenvalue weighted by atomic mass is 10.2. The van der Waals surface area contributed by atoms with Crippen molar-refractivity contribution in [3.8, 4) is 17.2 Å². The molecule has 4 N–H and O–H groups in total. The van der Waals surface area contributed by atoms with E-state index < -0.39 is 6.03 Å². The van der Waals surface area contributed by atoms with Crippen molar-refractivity contribution >= 4 is 11.7 Å². The van der Waals surface area contributed by atoms with Crippen LogP contribution in [-0.2, 0) is 6.54 Å². The van der Waals surface area contributed by atoms with Crippen molar-refractivity contribution in [2.75, 3.05) is 12.4 Å². The number of carbonyl (C=O) groups excluding carboxylic acids is 1. The lowest BCUT2D eigenvalue weighted by molar-refractivity contribution is 0.251. The highest BCUT2D eigenvalue weighted by Crippen LogP contribution is 2.23. The lowest BCUT2D eigenvalue weighted by Gasteiger charge is -2.09. The molecular formula is C15H16N2O4. The van der Waals surface area contributed by atoms with Crippen LogP contribution in [0.15, 0.2) is 42.5 Å². The average Bonchev–Trinajstić information content (AvgIpc) is 2.44. The summed E-state index contributed by atoms with van der Waals surface area (Å²) in [5.74, 6) is 0.499. The van der Waals surface area contributed by atoms with Crippen molar-refractivity contribution < 1.29 is 19.7 Å². The number of urea groups is 1. The number of phenols is 2. The molecule has 0 fully saturated rings. The molecule has 2 aromatic rings. The summed E-state index contributed by atoms with van der Waals surface area (Å²) in [7, 11) is 1.59. The van der Waals surface area contributed by atoms with E-state index in [1.807, 2.05) is 24.3 Å². The number of methoxy groups -OCH3 is 1. The van der Waals surface area contributed by atoms with Crippen molar-refractivity contribution in [2.24, 2.45) is 0 Å². The molecule has 6 heteroatoms. The van der Waals surface area contributed by atoms with E-state index >= 15 is 0 Å². The number of rotatable bonds is 4. The number of ether oxygens (including phenoxy) is 1. The second-order valence-corrected chi connectivity index (χ2v) is 4.39. The number of nitrogens with one attached hydrogen (secondary N) is 2. The predicted molar refractivity (Wildman–Crippen MR) is 78.6 cm³/mol. The Kier molecular flexibility index (Phi) is 4.50. The van der Waals surface area contributed by atoms with E-state index in [0.717, 1.165) is 11.3 Å². The Morgan fingerprint density at radius 2 is 1.71 bits per heavy atom. The van der Waals surface area contributed by atoms with Gasteiger partial charge in [0.25, 0.3) is 0 Å². The lowest BCUT2D eigenvalue weighted by Crippen LogP contribution is -2.28. The SMILES string of the molecule is COc1ccc(CNC(=O)Nc2cc(O)cc(O)c2)cc1. The first kappa shape index (κ1) is 14.5. The largest absolute Gasteiger partial charge is 0.508 e. The summed E-state index contributed by atoms with van der Waals surface area (Å²) in [6, 6.07) is 10.7. The van der Waals surface area contributed by atoms with E-state index in [0.29, 0.717) is 12.2 Å². The van der Waals surface area contributed by atoms with Crippen LogP contribution in [0.1, 0.15) is 5.56 Å². The first-order valence-electron chi connectivity index (χ1n) is 6.27. The summed E-state index contributed by atoms with van der Waals surface area (Å²) in [5.41, 5.74) is 1.23. The van der Waals surface area contributed by atoms with Crippen molar-refractivity contribution in [1.29, 1.82) is 0 Å². The monoisotopic (exact) mass is 288 g/mol. The first-order valence-corrected chi connectivity index (χ1v) is 6.27. The highest BCUT2D eigenvalue weighted by molar-refractivity contribution is 5.89. The Morgan fingerprint density at radius 1 is 1.10 bits per heavy atom. The third-order valence-electron chi connectivity index (χ3n) is 2.77. The molecule has 0 spiro atoms. The van der Waals surface area contributed by atoms with Gasteiger partial charge in [0.15, 0.2) is 0 Å². The summed E-state index contributed by atoms with van der Waals surface area (Å²) in [4.78, 5) is 11.7. The summed E-state index contributed by atoms with van der Waals surface area (Å²) in [6.45, 7) is 0.348. The van der Waals surface area contributed by atoms with Crippen LogP contribution < -0.4 is 15.4 Å². The molecule has 0 saturated heterocycles. The Hall–Kier alpha value is -2.89. The van der Waals surface area contributed by atoms with Gasteiger partial charge in [-0.2, -0.15) is 0 Å². The standard InChI is InChI=1S/C15H16N2O4/c1-21-14-4-2-10(3-5-14)9-16-15(20)17-11-6-12(18)8-13(19)7-11/h2-8,18-19H,9H2,1H3,(H2,16,17,20). The van der Waals surface area contributed by atoms with E-state index in [-0.39, 0.29) is 11.5 Å². The maximum absolute atomic E-state index is 11.7. The highest BCUT2D eigenvalue weighted by atomic mass is 16.5. The van der Waals surface area contributed by atoms with Crippen LogP contribution >= 0.6 is 0 Å². The minimum atomic E-state index is -0.434. The minimum absolute atomic E-state index is 0.125. The molecule has 2 amide bonds. The zero-order chi connectivity index (χ0) is 15.2. The molecule has 0 aliphatic heterocycles. The Balaban J connectivity index is 1.89. The minimum Gasteiger partial charge on any atom is -0.508 e. The van der Waals surface area contributed by atoms with E-state index in [4.69, 9.17) is 4.74 Å². The second-order valence-electron chi connectivity index (χ2n) is 4.39. The number of hydrogen-bond donors (Lipinski definition) is 4. The zero-order valence-electron chi connectivity index (χ0n) is 11.5. The Morgan fingerprint density at radius 3 is 2.29 bits per heavy atom. The van der Waals surface area contributed by atoms with E-state index in [2.05, 4.69) is 10.6 Å². The van der Waals surface area contributed by atoms with Gasteiger partial charge in [0.1, 0.15) is 17.2 Å². The van der Waals surface area contributed by atoms with Crippen LogP contribution in [0.25, 0.3) is 0 Å². The number of carbonyl (C=O) groups is 1. The molecule has 0 aliphatic rings. The topological polar surface area (TPSA) is 90.8 Å². The first-order chi connectivity index (χ1) is 10.1. The Bertz CT molecular complexity index is 606. The number of hydrogen-bond acceptors (Lipinski definition) is 4. The fraction of sp³-hybridized carbons (Fsp3) is 0.133. The molecule has 0 radical (unpaired) electrons. The molecule has 0 saturated carbocycles. The van der Waals surface area contributed by atoms with Gasteiger partial charge in [-0.1, -0.05) is 12.1 Å². The third kappa shape index (κ3) is 4.31. The van der Waals surface area contributed by atoms with Crippen LogP contribution in [0, 0.1) is 0 Å². The van der Waals surface area contributed by atoms with Crippen LogP contribution in [0.3, 0.4) is 0 Å². The molecule has 2 rings (SSSR count). The van der Waals surface area contributed by atoms with Gasteiger partial charge in [0, 0.05) is 30.4 Å². The fourth-order valence-corrected chi connectivity index (χ4v) is 1.77. The van der Waals surface area contributed by atoms with Crippen molar-refractivity contribution in [1.82, 2.24) is 5.32 Å². The molecule has 0 bridgehead atoms. The van der Waals surface area contributed by atoms with Gasteiger partial charge in [-0.15, -0.1) is 0 Å². The van der Waals surface area contributed by atoms with Gasteiger partial charge in [-0.25, -0.2) is 4.79 Å². The Labute approximate surface area is 122 Å². The van der Waals surface area contributed by atoms with Crippen LogP contribution in [-0.4, -0.2) is 23.4 Å². The molecule has 0 heterocycles. The second kappa shape index (κ2) is 6.51. The van der Waals surface area contributed by atoms with Crippen LogP contribution in [0.4, 0.5) is 10.5 Å². The van der Waals surface area contributed by atoms with E-state index in [1.54, 1.807) is 7.11 Å². The molecule has 6 nitrogen and oxygen atoms in total. The quantitative estimate of drug-likeness (QED) is 0.695. The normalized spacial score (nSPS) is 9.95. The summed E-state index contributed by atoms with van der Waals surface area (Å²) < 4.78 is 5.05. The zero-order valence-corrected chi connectivity index (χ0v) is 11.5. The third-order valence-corrected chi connectivity index (χ3v) is 2.77. The molecule has 110 valence electrons. The molecule has 0 aliphatic carbocycles.